The first-order valence-electron chi connectivity index (χ1n) is 5.64. The molecule has 1 fully saturated rings. The van der Waals surface area contributed by atoms with Crippen LogP contribution in [0, 0.1) is 0 Å². The van der Waals surface area contributed by atoms with E-state index >= 15 is 0 Å². The van der Waals surface area contributed by atoms with E-state index < -0.39 is 12.3 Å². The fourth-order valence-corrected chi connectivity index (χ4v) is 1.96. The van der Waals surface area contributed by atoms with Gasteiger partial charge in [-0.25, -0.2) is 0 Å². The van der Waals surface area contributed by atoms with Crippen LogP contribution in [0.25, 0.3) is 0 Å². The van der Waals surface area contributed by atoms with Gasteiger partial charge in [0.15, 0.2) is 6.10 Å². The third kappa shape index (κ3) is 4.27. The van der Waals surface area contributed by atoms with Gasteiger partial charge in [-0.15, -0.1) is 0 Å². The summed E-state index contributed by atoms with van der Waals surface area (Å²) in [5, 5.41) is 12.2. The molecular formula is C10H19F3N2O. The first-order valence-corrected chi connectivity index (χ1v) is 5.64. The zero-order chi connectivity index (χ0) is 12.2. The Bertz CT molecular complexity index is 203. The minimum Gasteiger partial charge on any atom is -0.382 e. The Morgan fingerprint density at radius 3 is 2.38 bits per heavy atom. The van der Waals surface area contributed by atoms with Crippen molar-refractivity contribution >= 4 is 0 Å². The second-order valence-electron chi connectivity index (χ2n) is 4.19. The van der Waals surface area contributed by atoms with Crippen LogP contribution in [-0.2, 0) is 0 Å². The van der Waals surface area contributed by atoms with Gasteiger partial charge in [-0.05, 0) is 32.5 Å². The number of likely N-dealkylation sites (tertiary alicyclic amines) is 1. The monoisotopic (exact) mass is 240 g/mol. The minimum atomic E-state index is -4.50. The average molecular weight is 240 g/mol. The molecule has 96 valence electrons. The van der Waals surface area contributed by atoms with Gasteiger partial charge in [0.2, 0.25) is 0 Å². The quantitative estimate of drug-likeness (QED) is 0.769. The predicted octanol–water partition coefficient (Wildman–Crippen LogP) is 0.984. The first kappa shape index (κ1) is 13.7. The van der Waals surface area contributed by atoms with Crippen molar-refractivity contribution < 1.29 is 18.3 Å². The number of piperidine rings is 1. The fourth-order valence-electron chi connectivity index (χ4n) is 1.96. The highest BCUT2D eigenvalue weighted by Crippen LogP contribution is 2.21. The van der Waals surface area contributed by atoms with Gasteiger partial charge < -0.3 is 15.3 Å². The standard InChI is InChI=1S/C10H19F3N2O/c1-2-14-8-3-5-15(6-4-8)7-9(16)10(11,12)13/h8-9,14,16H,2-7H2,1H3. The number of alkyl halides is 3. The van der Waals surface area contributed by atoms with E-state index in [0.29, 0.717) is 19.1 Å². The van der Waals surface area contributed by atoms with Crippen LogP contribution in [0.2, 0.25) is 0 Å². The Hall–Kier alpha value is -0.330. The average Bonchev–Trinajstić information content (AvgIpc) is 2.20. The number of aliphatic hydroxyl groups is 1. The van der Waals surface area contributed by atoms with Gasteiger partial charge >= 0.3 is 6.18 Å². The van der Waals surface area contributed by atoms with Crippen molar-refractivity contribution in [3.8, 4) is 0 Å². The molecule has 16 heavy (non-hydrogen) atoms. The Morgan fingerprint density at radius 1 is 1.38 bits per heavy atom. The second-order valence-corrected chi connectivity index (χ2v) is 4.19. The molecule has 0 aliphatic carbocycles. The van der Waals surface area contributed by atoms with Gasteiger partial charge in [0.1, 0.15) is 0 Å². The lowest BCUT2D eigenvalue weighted by Crippen LogP contribution is -2.47. The molecule has 2 N–H and O–H groups in total. The van der Waals surface area contributed by atoms with Crippen LogP contribution in [0.1, 0.15) is 19.8 Å². The smallest absolute Gasteiger partial charge is 0.382 e. The molecule has 0 aromatic carbocycles. The summed E-state index contributed by atoms with van der Waals surface area (Å²) in [4.78, 5) is 1.67. The summed E-state index contributed by atoms with van der Waals surface area (Å²) in [5.41, 5.74) is 0. The number of rotatable bonds is 4. The van der Waals surface area contributed by atoms with Gasteiger partial charge in [-0.3, -0.25) is 0 Å². The van der Waals surface area contributed by atoms with Crippen molar-refractivity contribution in [1.29, 1.82) is 0 Å². The highest BCUT2D eigenvalue weighted by molar-refractivity contribution is 4.79. The summed E-state index contributed by atoms with van der Waals surface area (Å²) < 4.78 is 36.3. The van der Waals surface area contributed by atoms with Gasteiger partial charge in [0.05, 0.1) is 0 Å². The zero-order valence-electron chi connectivity index (χ0n) is 9.43. The molecule has 0 amide bonds. The number of hydrogen-bond acceptors (Lipinski definition) is 3. The Balaban J connectivity index is 2.27. The van der Waals surface area contributed by atoms with E-state index in [1.807, 2.05) is 6.92 Å². The van der Waals surface area contributed by atoms with E-state index in [0.717, 1.165) is 19.4 Å². The van der Waals surface area contributed by atoms with Gasteiger partial charge in [0, 0.05) is 12.6 Å². The number of hydrogen-bond donors (Lipinski definition) is 2. The molecule has 0 aromatic heterocycles. The van der Waals surface area contributed by atoms with E-state index in [1.54, 1.807) is 4.90 Å². The molecule has 0 spiro atoms. The van der Waals surface area contributed by atoms with Gasteiger partial charge in [-0.1, -0.05) is 6.92 Å². The minimum absolute atomic E-state index is 0.303. The van der Waals surface area contributed by atoms with E-state index in [9.17, 15) is 13.2 Å². The summed E-state index contributed by atoms with van der Waals surface area (Å²) >= 11 is 0. The Labute approximate surface area is 93.6 Å². The van der Waals surface area contributed by atoms with Crippen molar-refractivity contribution in [2.75, 3.05) is 26.2 Å². The van der Waals surface area contributed by atoms with Crippen LogP contribution < -0.4 is 5.32 Å². The van der Waals surface area contributed by atoms with Crippen LogP contribution in [0.15, 0.2) is 0 Å². The second kappa shape index (κ2) is 5.84. The lowest BCUT2D eigenvalue weighted by atomic mass is 10.0. The molecule has 1 unspecified atom stereocenters. The molecule has 6 heteroatoms. The number of β-amino-alcohol motifs (C(OH)–C–C–N with tert-alkyl or cyclic N) is 1. The third-order valence-corrected chi connectivity index (χ3v) is 2.89. The van der Waals surface area contributed by atoms with E-state index in [2.05, 4.69) is 5.32 Å². The molecule has 3 nitrogen and oxygen atoms in total. The zero-order valence-corrected chi connectivity index (χ0v) is 9.43. The molecule has 1 aliphatic heterocycles. The summed E-state index contributed by atoms with van der Waals surface area (Å²) in [6.07, 6.45) is -5.03. The van der Waals surface area contributed by atoms with Crippen LogP contribution >= 0.6 is 0 Å². The van der Waals surface area contributed by atoms with Crippen molar-refractivity contribution in [2.45, 2.75) is 38.1 Å². The van der Waals surface area contributed by atoms with E-state index in [1.165, 1.54) is 0 Å². The molecule has 0 radical (unpaired) electrons. The normalized spacial score (nSPS) is 22.3. The number of aliphatic hydroxyl groups excluding tert-OH is 1. The van der Waals surface area contributed by atoms with Crippen molar-refractivity contribution in [1.82, 2.24) is 10.2 Å². The van der Waals surface area contributed by atoms with Crippen LogP contribution in [-0.4, -0.2) is 54.5 Å². The van der Waals surface area contributed by atoms with Crippen molar-refractivity contribution in [3.63, 3.8) is 0 Å². The molecule has 1 rings (SSSR count). The predicted molar refractivity (Wildman–Crippen MR) is 55.2 cm³/mol. The summed E-state index contributed by atoms with van der Waals surface area (Å²) in [6, 6.07) is 0.407. The maximum absolute atomic E-state index is 12.1. The first-order chi connectivity index (χ1) is 7.43. The van der Waals surface area contributed by atoms with Crippen LogP contribution in [0.4, 0.5) is 13.2 Å². The molecule has 0 aromatic rings. The molecular weight excluding hydrogens is 221 g/mol. The lowest BCUT2D eigenvalue weighted by molar-refractivity contribution is -0.208. The summed E-state index contributed by atoms with van der Waals surface area (Å²) in [5.74, 6) is 0. The molecule has 0 bridgehead atoms. The highest BCUT2D eigenvalue weighted by Gasteiger charge is 2.39. The van der Waals surface area contributed by atoms with Crippen molar-refractivity contribution in [3.05, 3.63) is 0 Å². The molecule has 0 saturated carbocycles. The van der Waals surface area contributed by atoms with Crippen LogP contribution in [0.5, 0.6) is 0 Å². The number of nitrogens with one attached hydrogen (secondary N) is 1. The molecule has 1 heterocycles. The van der Waals surface area contributed by atoms with E-state index in [4.69, 9.17) is 5.11 Å². The maximum Gasteiger partial charge on any atom is 0.415 e. The highest BCUT2D eigenvalue weighted by atomic mass is 19.4. The van der Waals surface area contributed by atoms with Crippen LogP contribution in [0.3, 0.4) is 0 Å². The molecule has 1 saturated heterocycles. The SMILES string of the molecule is CCNC1CCN(CC(O)C(F)(F)F)CC1. The van der Waals surface area contributed by atoms with Gasteiger partial charge in [-0.2, -0.15) is 13.2 Å². The lowest BCUT2D eigenvalue weighted by Gasteiger charge is -2.33. The Kier molecular flexibility index (Phi) is 5.01. The summed E-state index contributed by atoms with van der Waals surface area (Å²) in [7, 11) is 0. The maximum atomic E-state index is 12.1. The number of nitrogens with zero attached hydrogens (tertiary/aromatic N) is 1. The largest absolute Gasteiger partial charge is 0.415 e. The molecule has 1 atom stereocenters. The molecule has 1 aliphatic rings. The fraction of sp³-hybridized carbons (Fsp3) is 1.00. The van der Waals surface area contributed by atoms with Crippen molar-refractivity contribution in [2.24, 2.45) is 0 Å². The third-order valence-electron chi connectivity index (χ3n) is 2.89. The topological polar surface area (TPSA) is 35.5 Å². The van der Waals surface area contributed by atoms with E-state index in [-0.39, 0.29) is 6.54 Å². The Morgan fingerprint density at radius 2 is 1.94 bits per heavy atom. The number of halogens is 3. The van der Waals surface area contributed by atoms with Gasteiger partial charge in [0.25, 0.3) is 0 Å². The summed E-state index contributed by atoms with van der Waals surface area (Å²) in [6.45, 7) is 3.83.